The molecule has 92 valence electrons. The van der Waals surface area contributed by atoms with Gasteiger partial charge < -0.3 is 10.6 Å². The van der Waals surface area contributed by atoms with E-state index in [0.29, 0.717) is 11.5 Å². The summed E-state index contributed by atoms with van der Waals surface area (Å²) < 4.78 is 0. The third-order valence-electron chi connectivity index (χ3n) is 4.36. The predicted octanol–water partition coefficient (Wildman–Crippen LogP) is 2.22. The van der Waals surface area contributed by atoms with Gasteiger partial charge in [-0.2, -0.15) is 0 Å². The zero-order valence-corrected chi connectivity index (χ0v) is 10.9. The number of nitrogens with zero attached hydrogens (tertiary/aromatic N) is 2. The van der Waals surface area contributed by atoms with Gasteiger partial charge in [0, 0.05) is 13.1 Å². The van der Waals surface area contributed by atoms with Gasteiger partial charge in [-0.1, -0.05) is 20.8 Å². The van der Waals surface area contributed by atoms with Crippen LogP contribution in [-0.2, 0) is 0 Å². The van der Waals surface area contributed by atoms with Crippen LogP contribution < -0.4 is 5.73 Å². The monoisotopic (exact) mass is 223 g/mol. The molecule has 0 bridgehead atoms. The third-order valence-corrected chi connectivity index (χ3v) is 4.36. The van der Waals surface area contributed by atoms with Crippen molar-refractivity contribution in [3.8, 4) is 0 Å². The van der Waals surface area contributed by atoms with Gasteiger partial charge in [-0.25, -0.2) is 4.99 Å². The molecule has 2 aliphatic rings. The Morgan fingerprint density at radius 1 is 1.25 bits per heavy atom. The Kier molecular flexibility index (Phi) is 3.13. The second-order valence-corrected chi connectivity index (χ2v) is 6.20. The summed E-state index contributed by atoms with van der Waals surface area (Å²) in [5.74, 6) is 1.63. The minimum Gasteiger partial charge on any atom is -0.370 e. The zero-order valence-electron chi connectivity index (χ0n) is 10.9. The normalized spacial score (nSPS) is 31.3. The van der Waals surface area contributed by atoms with Crippen LogP contribution in [0.2, 0.25) is 0 Å². The van der Waals surface area contributed by atoms with E-state index in [1.807, 2.05) is 0 Å². The molecule has 0 aromatic carbocycles. The first-order valence-corrected chi connectivity index (χ1v) is 6.57. The van der Waals surface area contributed by atoms with E-state index in [1.54, 1.807) is 0 Å². The number of nitrogens with two attached hydrogens (primary N) is 1. The second-order valence-electron chi connectivity index (χ2n) is 6.20. The number of piperidine rings is 1. The molecule has 2 rings (SSSR count). The molecule has 2 N–H and O–H groups in total. The van der Waals surface area contributed by atoms with Crippen molar-refractivity contribution >= 4 is 5.96 Å². The van der Waals surface area contributed by atoms with Crippen molar-refractivity contribution in [1.29, 1.82) is 0 Å². The van der Waals surface area contributed by atoms with E-state index in [-0.39, 0.29) is 0 Å². The summed E-state index contributed by atoms with van der Waals surface area (Å²) in [6, 6.07) is 0.451. The molecular formula is C13H25N3. The lowest BCUT2D eigenvalue weighted by Crippen LogP contribution is -2.46. The number of likely N-dealkylation sites (tertiary alicyclic amines) is 1. The van der Waals surface area contributed by atoms with Crippen molar-refractivity contribution in [3.63, 3.8) is 0 Å². The Balaban J connectivity index is 1.92. The average Bonchev–Trinajstić information content (AvgIpc) is 2.25. The summed E-state index contributed by atoms with van der Waals surface area (Å²) in [5, 5.41) is 0. The van der Waals surface area contributed by atoms with Gasteiger partial charge >= 0.3 is 0 Å². The van der Waals surface area contributed by atoms with Crippen LogP contribution in [0.25, 0.3) is 0 Å². The van der Waals surface area contributed by atoms with Crippen molar-refractivity contribution in [2.45, 2.75) is 52.5 Å². The predicted molar refractivity (Wildman–Crippen MR) is 68.4 cm³/mol. The highest BCUT2D eigenvalue weighted by Gasteiger charge is 2.38. The van der Waals surface area contributed by atoms with Gasteiger partial charge in [0.15, 0.2) is 5.96 Å². The number of hydrogen-bond acceptors (Lipinski definition) is 1. The van der Waals surface area contributed by atoms with E-state index in [1.165, 1.54) is 25.7 Å². The molecule has 1 unspecified atom stereocenters. The van der Waals surface area contributed by atoms with Gasteiger partial charge in [-0.05, 0) is 37.0 Å². The average molecular weight is 223 g/mol. The fourth-order valence-corrected chi connectivity index (χ4v) is 2.57. The molecule has 1 saturated carbocycles. The molecule has 1 heterocycles. The van der Waals surface area contributed by atoms with Crippen LogP contribution in [0.5, 0.6) is 0 Å². The van der Waals surface area contributed by atoms with Crippen LogP contribution in [0.4, 0.5) is 0 Å². The van der Waals surface area contributed by atoms with Gasteiger partial charge in [0.05, 0.1) is 6.04 Å². The molecule has 1 saturated heterocycles. The quantitative estimate of drug-likeness (QED) is 0.547. The maximum absolute atomic E-state index is 6.10. The van der Waals surface area contributed by atoms with Gasteiger partial charge in [0.1, 0.15) is 0 Å². The molecule has 3 nitrogen and oxygen atoms in total. The van der Waals surface area contributed by atoms with Crippen LogP contribution in [0.15, 0.2) is 4.99 Å². The van der Waals surface area contributed by atoms with Crippen LogP contribution in [0.1, 0.15) is 46.5 Å². The summed E-state index contributed by atoms with van der Waals surface area (Å²) in [7, 11) is 0. The molecule has 0 spiro atoms. The number of guanidine groups is 1. The standard InChI is InChI=1S/C13H25N3/c1-10-5-8-16(9-6-10)12(14)15-11-4-7-13(11,2)3/h10-11H,4-9H2,1-3H3,(H2,14,15). The topological polar surface area (TPSA) is 41.6 Å². The molecule has 0 aromatic rings. The van der Waals surface area contributed by atoms with E-state index in [2.05, 4.69) is 25.7 Å². The van der Waals surface area contributed by atoms with Crippen LogP contribution in [-0.4, -0.2) is 30.0 Å². The molecule has 0 amide bonds. The van der Waals surface area contributed by atoms with E-state index >= 15 is 0 Å². The Morgan fingerprint density at radius 3 is 2.31 bits per heavy atom. The number of hydrogen-bond donors (Lipinski definition) is 1. The van der Waals surface area contributed by atoms with Gasteiger partial charge in [-0.3, -0.25) is 0 Å². The third kappa shape index (κ3) is 2.33. The first kappa shape index (κ1) is 11.7. The Hall–Kier alpha value is -0.730. The van der Waals surface area contributed by atoms with E-state index < -0.39 is 0 Å². The first-order valence-electron chi connectivity index (χ1n) is 6.57. The van der Waals surface area contributed by atoms with E-state index in [4.69, 9.17) is 10.7 Å². The lowest BCUT2D eigenvalue weighted by molar-refractivity contribution is 0.143. The van der Waals surface area contributed by atoms with Crippen LogP contribution in [0.3, 0.4) is 0 Å². The van der Waals surface area contributed by atoms with Crippen molar-refractivity contribution < 1.29 is 0 Å². The molecular weight excluding hydrogens is 198 g/mol. The molecule has 0 aromatic heterocycles. The van der Waals surface area contributed by atoms with E-state index in [9.17, 15) is 0 Å². The molecule has 16 heavy (non-hydrogen) atoms. The number of aliphatic imine (C=N–C) groups is 1. The highest BCUT2D eigenvalue weighted by atomic mass is 15.3. The lowest BCUT2D eigenvalue weighted by atomic mass is 9.68. The van der Waals surface area contributed by atoms with Crippen molar-refractivity contribution in [2.75, 3.05) is 13.1 Å². The smallest absolute Gasteiger partial charge is 0.191 e. The zero-order chi connectivity index (χ0) is 11.8. The lowest BCUT2D eigenvalue weighted by Gasteiger charge is -2.42. The molecule has 1 aliphatic heterocycles. The molecule has 2 fully saturated rings. The SMILES string of the molecule is CC1CCN(C(N)=NC2CCC2(C)C)CC1. The van der Waals surface area contributed by atoms with Crippen LogP contribution in [0, 0.1) is 11.3 Å². The minimum absolute atomic E-state index is 0.369. The van der Waals surface area contributed by atoms with Crippen molar-refractivity contribution in [2.24, 2.45) is 22.1 Å². The van der Waals surface area contributed by atoms with E-state index in [0.717, 1.165) is 25.0 Å². The summed E-state index contributed by atoms with van der Waals surface area (Å²) >= 11 is 0. The highest BCUT2D eigenvalue weighted by molar-refractivity contribution is 5.78. The Bertz CT molecular complexity index is 275. The largest absolute Gasteiger partial charge is 0.370 e. The summed E-state index contributed by atoms with van der Waals surface area (Å²) in [6.45, 7) is 9.07. The fraction of sp³-hybridized carbons (Fsp3) is 0.923. The Morgan fingerprint density at radius 2 is 1.88 bits per heavy atom. The van der Waals surface area contributed by atoms with Crippen LogP contribution >= 0.6 is 0 Å². The van der Waals surface area contributed by atoms with Crippen molar-refractivity contribution in [3.05, 3.63) is 0 Å². The Labute approximate surface area is 99.1 Å². The molecule has 3 heteroatoms. The highest BCUT2D eigenvalue weighted by Crippen LogP contribution is 2.42. The van der Waals surface area contributed by atoms with Crippen molar-refractivity contribution in [1.82, 2.24) is 4.90 Å². The maximum Gasteiger partial charge on any atom is 0.191 e. The summed E-state index contributed by atoms with van der Waals surface area (Å²) in [4.78, 5) is 6.96. The van der Waals surface area contributed by atoms with Gasteiger partial charge in [0.25, 0.3) is 0 Å². The molecule has 1 atom stereocenters. The van der Waals surface area contributed by atoms with Gasteiger partial charge in [-0.15, -0.1) is 0 Å². The molecule has 1 aliphatic carbocycles. The summed E-state index contributed by atoms with van der Waals surface area (Å²) in [5.41, 5.74) is 6.47. The number of rotatable bonds is 1. The maximum atomic E-state index is 6.10. The fourth-order valence-electron chi connectivity index (χ4n) is 2.57. The minimum atomic E-state index is 0.369. The molecule has 0 radical (unpaired) electrons. The van der Waals surface area contributed by atoms with Gasteiger partial charge in [0.2, 0.25) is 0 Å². The first-order chi connectivity index (χ1) is 7.49. The summed E-state index contributed by atoms with van der Waals surface area (Å²) in [6.07, 6.45) is 5.00. The second kappa shape index (κ2) is 4.27.